The number of amides is 1. The van der Waals surface area contributed by atoms with Crippen LogP contribution < -0.4 is 0 Å². The van der Waals surface area contributed by atoms with Crippen LogP contribution in [0, 0.1) is 0 Å². The highest BCUT2D eigenvalue weighted by Crippen LogP contribution is 2.20. The maximum absolute atomic E-state index is 12.1. The van der Waals surface area contributed by atoms with Gasteiger partial charge in [-0.15, -0.1) is 0 Å². The third kappa shape index (κ3) is 2.17. The number of rotatable bonds is 2. The minimum absolute atomic E-state index is 0.0418. The number of aliphatic hydroxyl groups excluding tert-OH is 3. The van der Waals surface area contributed by atoms with Crippen LogP contribution in [0.5, 0.6) is 0 Å². The van der Waals surface area contributed by atoms with Crippen LogP contribution in [0.3, 0.4) is 0 Å². The van der Waals surface area contributed by atoms with Crippen molar-refractivity contribution in [2.75, 3.05) is 13.2 Å². The van der Waals surface area contributed by atoms with E-state index >= 15 is 0 Å². The van der Waals surface area contributed by atoms with Crippen LogP contribution >= 0.6 is 0 Å². The van der Waals surface area contributed by atoms with E-state index in [2.05, 4.69) is 0 Å². The lowest BCUT2D eigenvalue weighted by Crippen LogP contribution is -2.42. The normalized spacial score (nSPS) is 28.4. The van der Waals surface area contributed by atoms with Gasteiger partial charge in [0.2, 0.25) is 0 Å². The second kappa shape index (κ2) is 4.83. The second-order valence-electron chi connectivity index (χ2n) is 4.13. The molecule has 1 aromatic carbocycles. The first kappa shape index (κ1) is 12.0. The number of aliphatic hydroxyl groups is 3. The summed E-state index contributed by atoms with van der Waals surface area (Å²) in [5, 5.41) is 28.3. The molecule has 5 heteroatoms. The molecule has 1 aliphatic heterocycles. The van der Waals surface area contributed by atoms with Crippen molar-refractivity contribution in [1.82, 2.24) is 4.90 Å². The highest BCUT2D eigenvalue weighted by Gasteiger charge is 2.41. The van der Waals surface area contributed by atoms with Gasteiger partial charge in [0, 0.05) is 5.56 Å². The van der Waals surface area contributed by atoms with Crippen molar-refractivity contribution in [3.8, 4) is 0 Å². The van der Waals surface area contributed by atoms with Gasteiger partial charge in [0.05, 0.1) is 25.3 Å². The number of hydrogen-bond donors (Lipinski definition) is 3. The zero-order valence-electron chi connectivity index (χ0n) is 9.23. The van der Waals surface area contributed by atoms with Crippen molar-refractivity contribution >= 4 is 5.91 Å². The van der Waals surface area contributed by atoms with Crippen LogP contribution in [0.25, 0.3) is 0 Å². The van der Waals surface area contributed by atoms with E-state index in [1.807, 2.05) is 0 Å². The fourth-order valence-corrected chi connectivity index (χ4v) is 2.07. The topological polar surface area (TPSA) is 81.0 Å². The Morgan fingerprint density at radius 1 is 1.29 bits per heavy atom. The average molecular weight is 237 g/mol. The molecule has 2 rings (SSSR count). The number of β-amino-alcohol motifs (C(OH)–C–C–N with tert-alkyl or cyclic N) is 1. The first-order valence-electron chi connectivity index (χ1n) is 5.48. The van der Waals surface area contributed by atoms with E-state index in [0.29, 0.717) is 5.56 Å². The van der Waals surface area contributed by atoms with Crippen molar-refractivity contribution in [3.05, 3.63) is 35.9 Å². The molecule has 0 radical (unpaired) electrons. The number of likely N-dealkylation sites (tertiary alicyclic amines) is 1. The van der Waals surface area contributed by atoms with Crippen molar-refractivity contribution in [3.63, 3.8) is 0 Å². The summed E-state index contributed by atoms with van der Waals surface area (Å²) in [6, 6.07) is 7.86. The van der Waals surface area contributed by atoms with E-state index in [0.717, 1.165) is 0 Å². The van der Waals surface area contributed by atoms with Crippen LogP contribution in [0.2, 0.25) is 0 Å². The monoisotopic (exact) mass is 237 g/mol. The summed E-state index contributed by atoms with van der Waals surface area (Å²) in [6.07, 6.45) is -2.09. The molecule has 1 aliphatic rings. The molecule has 0 bridgehead atoms. The van der Waals surface area contributed by atoms with Gasteiger partial charge in [-0.1, -0.05) is 18.2 Å². The molecule has 3 atom stereocenters. The van der Waals surface area contributed by atoms with Crippen molar-refractivity contribution < 1.29 is 20.1 Å². The summed E-state index contributed by atoms with van der Waals surface area (Å²) in [5.74, 6) is -0.291. The van der Waals surface area contributed by atoms with Gasteiger partial charge in [-0.3, -0.25) is 4.79 Å². The summed E-state index contributed by atoms with van der Waals surface area (Å²) in [4.78, 5) is 13.4. The number of benzene rings is 1. The van der Waals surface area contributed by atoms with E-state index in [9.17, 15) is 15.0 Å². The predicted molar refractivity (Wildman–Crippen MR) is 60.4 cm³/mol. The third-order valence-electron chi connectivity index (χ3n) is 3.04. The van der Waals surface area contributed by atoms with E-state index in [1.165, 1.54) is 4.90 Å². The molecule has 0 aliphatic carbocycles. The quantitative estimate of drug-likeness (QED) is 0.630. The first-order valence-corrected chi connectivity index (χ1v) is 5.48. The summed E-state index contributed by atoms with van der Waals surface area (Å²) in [6.45, 7) is -0.322. The Morgan fingerprint density at radius 3 is 2.53 bits per heavy atom. The average Bonchev–Trinajstić information content (AvgIpc) is 2.65. The van der Waals surface area contributed by atoms with E-state index in [1.54, 1.807) is 30.3 Å². The molecule has 5 nitrogen and oxygen atoms in total. The number of carbonyl (C=O) groups is 1. The first-order chi connectivity index (χ1) is 8.15. The van der Waals surface area contributed by atoms with E-state index in [-0.39, 0.29) is 19.1 Å². The maximum atomic E-state index is 12.1. The molecule has 0 aromatic heterocycles. The molecular formula is C12H15NO4. The van der Waals surface area contributed by atoms with Crippen LogP contribution in [0.1, 0.15) is 10.4 Å². The van der Waals surface area contributed by atoms with Gasteiger partial charge >= 0.3 is 0 Å². The smallest absolute Gasteiger partial charge is 0.254 e. The van der Waals surface area contributed by atoms with Crippen molar-refractivity contribution in [1.29, 1.82) is 0 Å². The van der Waals surface area contributed by atoms with Gasteiger partial charge in [0.1, 0.15) is 6.10 Å². The fraction of sp³-hybridized carbons (Fsp3) is 0.417. The van der Waals surface area contributed by atoms with E-state index in [4.69, 9.17) is 5.11 Å². The zero-order valence-corrected chi connectivity index (χ0v) is 9.23. The van der Waals surface area contributed by atoms with Crippen molar-refractivity contribution in [2.24, 2.45) is 0 Å². The molecule has 92 valence electrons. The number of nitrogens with zero attached hydrogens (tertiary/aromatic N) is 1. The molecule has 1 amide bonds. The predicted octanol–water partition coefficient (Wildman–Crippen LogP) is -0.775. The maximum Gasteiger partial charge on any atom is 0.254 e. The number of hydrogen-bond acceptors (Lipinski definition) is 4. The highest BCUT2D eigenvalue weighted by atomic mass is 16.3. The molecule has 1 fully saturated rings. The lowest BCUT2D eigenvalue weighted by molar-refractivity contribution is 0.0211. The molecule has 17 heavy (non-hydrogen) atoms. The summed E-state index contributed by atoms with van der Waals surface area (Å²) in [7, 11) is 0. The largest absolute Gasteiger partial charge is 0.394 e. The van der Waals surface area contributed by atoms with Gasteiger partial charge in [0.15, 0.2) is 0 Å². The number of carbonyl (C=O) groups excluding carboxylic acids is 1. The summed E-state index contributed by atoms with van der Waals surface area (Å²) < 4.78 is 0. The Balaban J connectivity index is 2.20. The lowest BCUT2D eigenvalue weighted by atomic mass is 10.1. The van der Waals surface area contributed by atoms with Crippen LogP contribution in [0.4, 0.5) is 0 Å². The lowest BCUT2D eigenvalue weighted by Gasteiger charge is -2.24. The molecule has 1 aromatic rings. The van der Waals surface area contributed by atoms with Crippen LogP contribution in [-0.2, 0) is 0 Å². The summed E-state index contributed by atoms with van der Waals surface area (Å²) in [5.41, 5.74) is 0.479. The second-order valence-corrected chi connectivity index (χ2v) is 4.13. The molecule has 3 N–H and O–H groups in total. The SMILES string of the molecule is O=C(c1ccccc1)N1C[C@H](O)[C@@H](O)[C@@H]1CO. The van der Waals surface area contributed by atoms with Crippen LogP contribution in [0.15, 0.2) is 30.3 Å². The van der Waals surface area contributed by atoms with Gasteiger partial charge < -0.3 is 20.2 Å². The third-order valence-corrected chi connectivity index (χ3v) is 3.04. The summed E-state index contributed by atoms with van der Waals surface area (Å²) >= 11 is 0. The Bertz CT molecular complexity index is 395. The van der Waals surface area contributed by atoms with Gasteiger partial charge in [-0.2, -0.15) is 0 Å². The molecular weight excluding hydrogens is 222 g/mol. The Kier molecular flexibility index (Phi) is 3.42. The van der Waals surface area contributed by atoms with Crippen molar-refractivity contribution in [2.45, 2.75) is 18.2 Å². The highest BCUT2D eigenvalue weighted by molar-refractivity contribution is 5.94. The van der Waals surface area contributed by atoms with Crippen LogP contribution in [-0.4, -0.2) is 57.5 Å². The molecule has 1 saturated heterocycles. The molecule has 0 spiro atoms. The van der Waals surface area contributed by atoms with Gasteiger partial charge in [0.25, 0.3) is 5.91 Å². The minimum atomic E-state index is -1.09. The molecule has 1 heterocycles. The molecule has 0 unspecified atom stereocenters. The zero-order chi connectivity index (χ0) is 12.4. The minimum Gasteiger partial charge on any atom is -0.394 e. The fourth-order valence-electron chi connectivity index (χ4n) is 2.07. The van der Waals surface area contributed by atoms with Gasteiger partial charge in [-0.05, 0) is 12.1 Å². The Morgan fingerprint density at radius 2 is 1.94 bits per heavy atom. The standard InChI is InChI=1S/C12H15NO4/c14-7-9-11(16)10(15)6-13(9)12(17)8-4-2-1-3-5-8/h1-5,9-11,14-16H,6-7H2/t9-,10-,11-/m0/s1. The van der Waals surface area contributed by atoms with E-state index < -0.39 is 18.2 Å². The Hall–Kier alpha value is -1.43. The molecule has 0 saturated carbocycles. The Labute approximate surface area is 98.9 Å². The van der Waals surface area contributed by atoms with Gasteiger partial charge in [-0.25, -0.2) is 0 Å².